The molecule has 0 fully saturated rings. The summed E-state index contributed by atoms with van der Waals surface area (Å²) in [6, 6.07) is 7.33. The van der Waals surface area contributed by atoms with E-state index in [9.17, 15) is 14.4 Å². The van der Waals surface area contributed by atoms with Crippen molar-refractivity contribution in [1.82, 2.24) is 5.32 Å². The number of anilines is 1. The molecular formula is C27H27ClN2O4S. The number of dihydropyridines is 1. The van der Waals surface area contributed by atoms with Crippen LogP contribution < -0.4 is 10.6 Å². The number of ketones is 1. The van der Waals surface area contributed by atoms with Crippen LogP contribution in [0.1, 0.15) is 71.3 Å². The number of esters is 1. The first-order valence-electron chi connectivity index (χ1n) is 11.9. The van der Waals surface area contributed by atoms with Gasteiger partial charge in [-0.05, 0) is 68.7 Å². The van der Waals surface area contributed by atoms with E-state index in [0.29, 0.717) is 38.9 Å². The van der Waals surface area contributed by atoms with Gasteiger partial charge in [-0.25, -0.2) is 4.79 Å². The predicted molar refractivity (Wildman–Crippen MR) is 137 cm³/mol. The summed E-state index contributed by atoms with van der Waals surface area (Å²) in [5, 5.41) is 7.41. The molecule has 1 atom stereocenters. The SMILES string of the molecule is COC(=O)c1c(NC(=O)C2=C(C)NC3=C(C(=O)CCC3)[C@H]2c2cccc(Cl)c2)sc2c1CCCC2. The van der Waals surface area contributed by atoms with Gasteiger partial charge in [-0.3, -0.25) is 9.59 Å². The van der Waals surface area contributed by atoms with Gasteiger partial charge in [0.2, 0.25) is 0 Å². The highest BCUT2D eigenvalue weighted by Crippen LogP contribution is 2.44. The first-order chi connectivity index (χ1) is 16.9. The number of allylic oxidation sites excluding steroid dienone is 3. The molecule has 0 bridgehead atoms. The Labute approximate surface area is 213 Å². The molecule has 1 aromatic heterocycles. The van der Waals surface area contributed by atoms with E-state index in [0.717, 1.165) is 60.2 Å². The van der Waals surface area contributed by atoms with Gasteiger partial charge in [0, 0.05) is 44.8 Å². The maximum Gasteiger partial charge on any atom is 0.341 e. The Kier molecular flexibility index (Phi) is 6.55. The van der Waals surface area contributed by atoms with Crippen LogP contribution in [0.2, 0.25) is 5.02 Å². The van der Waals surface area contributed by atoms with Crippen LogP contribution in [0, 0.1) is 0 Å². The van der Waals surface area contributed by atoms with Crippen molar-refractivity contribution in [2.75, 3.05) is 12.4 Å². The van der Waals surface area contributed by atoms with Crippen LogP contribution in [0.5, 0.6) is 0 Å². The summed E-state index contributed by atoms with van der Waals surface area (Å²) in [7, 11) is 1.36. The van der Waals surface area contributed by atoms with E-state index in [1.165, 1.54) is 18.4 Å². The van der Waals surface area contributed by atoms with Crippen molar-refractivity contribution < 1.29 is 19.1 Å². The number of ether oxygens (including phenoxy) is 1. The summed E-state index contributed by atoms with van der Waals surface area (Å²) in [5.41, 5.74) is 4.90. The topological polar surface area (TPSA) is 84.5 Å². The van der Waals surface area contributed by atoms with Gasteiger partial charge in [-0.15, -0.1) is 11.3 Å². The fourth-order valence-corrected chi connectivity index (χ4v) is 6.92. The Morgan fingerprint density at radius 2 is 1.94 bits per heavy atom. The first kappa shape index (κ1) is 23.8. The van der Waals surface area contributed by atoms with Gasteiger partial charge in [0.05, 0.1) is 12.7 Å². The summed E-state index contributed by atoms with van der Waals surface area (Å²) < 4.78 is 5.06. The summed E-state index contributed by atoms with van der Waals surface area (Å²) in [5.74, 6) is -1.27. The number of thiophene rings is 1. The molecule has 1 aromatic carbocycles. The molecule has 0 saturated heterocycles. The first-order valence-corrected chi connectivity index (χ1v) is 13.1. The lowest BCUT2D eigenvalue weighted by Crippen LogP contribution is -2.35. The zero-order valence-corrected chi connectivity index (χ0v) is 21.3. The maximum absolute atomic E-state index is 13.9. The number of halogens is 1. The third-order valence-electron chi connectivity index (χ3n) is 6.99. The van der Waals surface area contributed by atoms with Gasteiger partial charge in [0.25, 0.3) is 5.91 Å². The number of amides is 1. The largest absolute Gasteiger partial charge is 0.465 e. The van der Waals surface area contributed by atoms with Crippen LogP contribution in [0.3, 0.4) is 0 Å². The number of carbonyl (C=O) groups excluding carboxylic acids is 3. The van der Waals surface area contributed by atoms with Crippen molar-refractivity contribution in [2.45, 2.75) is 57.8 Å². The molecule has 0 spiro atoms. The third-order valence-corrected chi connectivity index (χ3v) is 8.43. The fraction of sp³-hybridized carbons (Fsp3) is 0.370. The second kappa shape index (κ2) is 9.63. The number of Topliss-reactive ketones (excluding diaryl/α,β-unsaturated/α-hetero) is 1. The molecule has 2 aliphatic carbocycles. The van der Waals surface area contributed by atoms with Crippen LogP contribution in [-0.4, -0.2) is 24.8 Å². The molecule has 0 radical (unpaired) electrons. The van der Waals surface area contributed by atoms with Gasteiger partial charge in [0.1, 0.15) is 5.00 Å². The maximum atomic E-state index is 13.9. The minimum atomic E-state index is -0.533. The van der Waals surface area contributed by atoms with E-state index in [2.05, 4.69) is 10.6 Å². The molecule has 0 unspecified atom stereocenters. The number of hydrogen-bond acceptors (Lipinski definition) is 6. The van der Waals surface area contributed by atoms with E-state index in [4.69, 9.17) is 16.3 Å². The highest BCUT2D eigenvalue weighted by atomic mass is 35.5. The highest BCUT2D eigenvalue weighted by Gasteiger charge is 2.39. The summed E-state index contributed by atoms with van der Waals surface area (Å²) in [6.07, 6.45) is 5.75. The zero-order valence-electron chi connectivity index (χ0n) is 19.8. The predicted octanol–water partition coefficient (Wildman–Crippen LogP) is 5.67. The number of carbonyl (C=O) groups is 3. The lowest BCUT2D eigenvalue weighted by molar-refractivity contribution is -0.116. The standard InChI is InChI=1S/C27H27ClN2O4S/c1-14-21(25(32)30-26-23(27(33)34-2)17-9-3-4-12-20(17)35-26)22(15-7-5-8-16(28)13-15)24-18(29-14)10-6-11-19(24)31/h5,7-8,13,22,29H,3-4,6,9-12H2,1-2H3,(H,30,32)/t22-/m0/s1. The molecule has 35 heavy (non-hydrogen) atoms. The van der Waals surface area contributed by atoms with E-state index < -0.39 is 11.9 Å². The molecule has 2 N–H and O–H groups in total. The number of nitrogens with one attached hydrogen (secondary N) is 2. The number of aryl methyl sites for hydroxylation is 1. The number of hydrogen-bond donors (Lipinski definition) is 2. The molecule has 6 nitrogen and oxygen atoms in total. The Balaban J connectivity index is 1.58. The summed E-state index contributed by atoms with van der Waals surface area (Å²) in [6.45, 7) is 1.86. The molecule has 182 valence electrons. The van der Waals surface area contributed by atoms with Crippen molar-refractivity contribution >= 4 is 45.6 Å². The molecule has 3 aliphatic rings. The van der Waals surface area contributed by atoms with Crippen molar-refractivity contribution in [1.29, 1.82) is 0 Å². The normalized spacial score (nSPS) is 19.6. The lowest BCUT2D eigenvalue weighted by atomic mass is 9.75. The van der Waals surface area contributed by atoms with Gasteiger partial charge >= 0.3 is 5.97 Å². The molecule has 1 aliphatic heterocycles. The van der Waals surface area contributed by atoms with Gasteiger partial charge in [0.15, 0.2) is 5.78 Å². The Hall–Kier alpha value is -2.90. The third kappa shape index (κ3) is 4.32. The molecule has 2 aromatic rings. The van der Waals surface area contributed by atoms with Crippen molar-refractivity contribution in [3.05, 3.63) is 73.4 Å². The van der Waals surface area contributed by atoms with Crippen LogP contribution in [-0.2, 0) is 27.2 Å². The summed E-state index contributed by atoms with van der Waals surface area (Å²) >= 11 is 7.76. The minimum absolute atomic E-state index is 0.0448. The van der Waals surface area contributed by atoms with Crippen LogP contribution in [0.25, 0.3) is 0 Å². The number of rotatable bonds is 4. The molecule has 5 rings (SSSR count). The van der Waals surface area contributed by atoms with Crippen molar-refractivity contribution in [2.24, 2.45) is 0 Å². The number of benzene rings is 1. The molecular weight excluding hydrogens is 484 g/mol. The molecule has 1 amide bonds. The quantitative estimate of drug-likeness (QED) is 0.517. The minimum Gasteiger partial charge on any atom is -0.465 e. The molecule has 2 heterocycles. The van der Waals surface area contributed by atoms with Crippen LogP contribution in [0.4, 0.5) is 5.00 Å². The molecule has 8 heteroatoms. The van der Waals surface area contributed by atoms with E-state index in [1.54, 1.807) is 6.07 Å². The fourth-order valence-electron chi connectivity index (χ4n) is 5.45. The smallest absolute Gasteiger partial charge is 0.341 e. The molecule has 0 saturated carbocycles. The van der Waals surface area contributed by atoms with E-state index in [1.807, 2.05) is 25.1 Å². The highest BCUT2D eigenvalue weighted by molar-refractivity contribution is 7.17. The summed E-state index contributed by atoms with van der Waals surface area (Å²) in [4.78, 5) is 40.8. The van der Waals surface area contributed by atoms with Crippen molar-refractivity contribution in [3.8, 4) is 0 Å². The Bertz CT molecular complexity index is 1310. The lowest BCUT2D eigenvalue weighted by Gasteiger charge is -2.34. The number of methoxy groups -OCH3 is 1. The van der Waals surface area contributed by atoms with Gasteiger partial charge in [-0.1, -0.05) is 23.7 Å². The van der Waals surface area contributed by atoms with Crippen LogP contribution in [0.15, 0.2) is 46.8 Å². The van der Waals surface area contributed by atoms with Gasteiger partial charge in [-0.2, -0.15) is 0 Å². The van der Waals surface area contributed by atoms with E-state index in [-0.39, 0.29) is 11.7 Å². The van der Waals surface area contributed by atoms with Crippen molar-refractivity contribution in [3.63, 3.8) is 0 Å². The zero-order chi connectivity index (χ0) is 24.7. The Morgan fingerprint density at radius 3 is 2.71 bits per heavy atom. The number of fused-ring (bicyclic) bond motifs is 1. The van der Waals surface area contributed by atoms with Gasteiger partial charge < -0.3 is 15.4 Å². The second-order valence-corrected chi connectivity index (χ2v) is 10.7. The average Bonchev–Trinajstić information content (AvgIpc) is 3.20. The van der Waals surface area contributed by atoms with E-state index >= 15 is 0 Å². The Morgan fingerprint density at radius 1 is 1.14 bits per heavy atom. The second-order valence-electron chi connectivity index (χ2n) is 9.18. The monoisotopic (exact) mass is 510 g/mol. The average molecular weight is 511 g/mol. The van der Waals surface area contributed by atoms with Crippen LogP contribution >= 0.6 is 22.9 Å².